The van der Waals surface area contributed by atoms with Crippen molar-refractivity contribution in [3.63, 3.8) is 0 Å². The van der Waals surface area contributed by atoms with Crippen LogP contribution in [0.25, 0.3) is 22.6 Å². The van der Waals surface area contributed by atoms with Crippen molar-refractivity contribution in [1.82, 2.24) is 4.57 Å². The minimum absolute atomic E-state index is 0.247. The van der Waals surface area contributed by atoms with Crippen LogP contribution in [-0.4, -0.2) is 22.9 Å². The molecule has 1 fully saturated rings. The summed E-state index contributed by atoms with van der Waals surface area (Å²) < 4.78 is 15.3. The highest BCUT2D eigenvalue weighted by Crippen LogP contribution is 2.39. The lowest BCUT2D eigenvalue weighted by Gasteiger charge is -2.32. The van der Waals surface area contributed by atoms with Gasteiger partial charge in [-0.25, -0.2) is 0 Å². The molecule has 0 N–H and O–H groups in total. The second kappa shape index (κ2) is 6.73. The number of rotatable bonds is 1. The van der Waals surface area contributed by atoms with Crippen LogP contribution in [0.5, 0.6) is 0 Å². The number of hydrogen-bond donors (Lipinski definition) is 0. The summed E-state index contributed by atoms with van der Waals surface area (Å²) in [6.07, 6.45) is 11.5. The van der Waals surface area contributed by atoms with Crippen molar-refractivity contribution in [3.05, 3.63) is 58.5 Å². The van der Waals surface area contributed by atoms with Crippen molar-refractivity contribution in [2.45, 2.75) is 71.6 Å². The van der Waals surface area contributed by atoms with Gasteiger partial charge in [-0.1, -0.05) is 49.4 Å². The molecule has 2 atom stereocenters. The van der Waals surface area contributed by atoms with Crippen LogP contribution >= 0.6 is 0 Å². The van der Waals surface area contributed by atoms with Gasteiger partial charge >= 0.3 is 7.12 Å². The van der Waals surface area contributed by atoms with E-state index in [0.717, 1.165) is 18.3 Å². The number of para-hydroxylation sites is 1. The van der Waals surface area contributed by atoms with E-state index in [0.29, 0.717) is 5.92 Å². The SMILES string of the molecule is CC1/C=C(B2OC(C)(C)C(C)(C)O2)\C=C/C(C)n2c3c(c4ccccc42)=CCCC=31. The number of fused-ring (bicyclic) bond motifs is 3. The first-order valence-electron chi connectivity index (χ1n) is 11.3. The van der Waals surface area contributed by atoms with E-state index in [1.165, 1.54) is 27.0 Å². The highest BCUT2D eigenvalue weighted by atomic mass is 16.7. The molecule has 0 saturated carbocycles. The van der Waals surface area contributed by atoms with Crippen LogP contribution in [0.1, 0.15) is 60.4 Å². The lowest BCUT2D eigenvalue weighted by molar-refractivity contribution is 0.00578. The summed E-state index contributed by atoms with van der Waals surface area (Å²) in [6.45, 7) is 13.1. The fourth-order valence-electron chi connectivity index (χ4n) is 5.10. The maximum atomic E-state index is 6.40. The summed E-state index contributed by atoms with van der Waals surface area (Å²) in [6, 6.07) is 9.08. The van der Waals surface area contributed by atoms with E-state index >= 15 is 0 Å². The Morgan fingerprint density at radius 2 is 1.73 bits per heavy atom. The van der Waals surface area contributed by atoms with Gasteiger partial charge in [0.25, 0.3) is 0 Å². The van der Waals surface area contributed by atoms with Crippen molar-refractivity contribution >= 4 is 29.7 Å². The Balaban J connectivity index is 1.70. The van der Waals surface area contributed by atoms with Crippen molar-refractivity contribution in [1.29, 1.82) is 0 Å². The Morgan fingerprint density at radius 3 is 2.47 bits per heavy atom. The fourth-order valence-corrected chi connectivity index (χ4v) is 5.10. The maximum absolute atomic E-state index is 6.40. The van der Waals surface area contributed by atoms with E-state index in [4.69, 9.17) is 9.31 Å². The fraction of sp³-hybridized carbons (Fsp3) is 0.462. The van der Waals surface area contributed by atoms with E-state index in [1.807, 2.05) is 0 Å². The van der Waals surface area contributed by atoms with Crippen LogP contribution in [0.3, 0.4) is 0 Å². The highest BCUT2D eigenvalue weighted by molar-refractivity contribution is 6.55. The van der Waals surface area contributed by atoms with Crippen molar-refractivity contribution < 1.29 is 9.31 Å². The van der Waals surface area contributed by atoms with Gasteiger partial charge in [0.1, 0.15) is 0 Å². The van der Waals surface area contributed by atoms with E-state index in [-0.39, 0.29) is 24.4 Å². The molecule has 2 aromatic rings. The third kappa shape index (κ3) is 2.88. The molecule has 156 valence electrons. The van der Waals surface area contributed by atoms with Crippen LogP contribution in [0, 0.1) is 5.92 Å². The zero-order chi connectivity index (χ0) is 21.3. The number of hydrogen-bond acceptors (Lipinski definition) is 2. The summed E-state index contributed by atoms with van der Waals surface area (Å²) in [4.78, 5) is 0. The molecule has 2 unspecified atom stereocenters. The minimum atomic E-state index is -0.332. The van der Waals surface area contributed by atoms with Gasteiger partial charge in [0.2, 0.25) is 0 Å². The molecule has 5 rings (SSSR count). The molecule has 0 amide bonds. The number of nitrogens with zero attached hydrogens (tertiary/aromatic N) is 1. The van der Waals surface area contributed by atoms with Crippen LogP contribution in [0.4, 0.5) is 0 Å². The van der Waals surface area contributed by atoms with Gasteiger partial charge in [0.05, 0.1) is 11.2 Å². The maximum Gasteiger partial charge on any atom is 0.494 e. The van der Waals surface area contributed by atoms with E-state index in [9.17, 15) is 0 Å². The normalized spacial score (nSPS) is 30.0. The lowest BCUT2D eigenvalue weighted by Crippen LogP contribution is -2.41. The molecule has 1 aromatic heterocycles. The molecule has 2 aliphatic heterocycles. The summed E-state index contributed by atoms with van der Waals surface area (Å²) in [5, 5.41) is 4.19. The van der Waals surface area contributed by atoms with Crippen LogP contribution in [0.2, 0.25) is 0 Å². The van der Waals surface area contributed by atoms with E-state index in [1.54, 1.807) is 0 Å². The standard InChI is InChI=1S/C26H32BNO2/c1-17-16-19(27-29-25(3,4)26(5,6)30-27)15-14-18(2)28-23-13-8-7-10-21(23)22-12-9-11-20(17)24(22)28/h7-8,10,12-18H,9,11H2,1-6H3/b15-14-,19-16+. The first kappa shape index (κ1) is 19.9. The predicted octanol–water partition coefficient (Wildman–Crippen LogP) is 4.69. The Morgan fingerprint density at radius 1 is 1.03 bits per heavy atom. The third-order valence-electron chi connectivity index (χ3n) is 7.51. The molecule has 3 aliphatic rings. The largest absolute Gasteiger partial charge is 0.494 e. The Kier molecular flexibility index (Phi) is 4.47. The Labute approximate surface area is 179 Å². The molecule has 3 nitrogen and oxygen atoms in total. The van der Waals surface area contributed by atoms with Crippen LogP contribution in [-0.2, 0) is 9.31 Å². The molecule has 0 bridgehead atoms. The second-order valence-electron chi connectivity index (χ2n) is 10.1. The van der Waals surface area contributed by atoms with Crippen LogP contribution in [0.15, 0.2) is 48.0 Å². The zero-order valence-electron chi connectivity index (χ0n) is 19.0. The summed E-state index contributed by atoms with van der Waals surface area (Å²) in [5.41, 5.74) is 3.31. The molecule has 30 heavy (non-hydrogen) atoms. The lowest BCUT2D eigenvalue weighted by atomic mass is 9.75. The number of allylic oxidation sites excluding steroid dienone is 4. The molecule has 0 radical (unpaired) electrons. The molecule has 1 saturated heterocycles. The van der Waals surface area contributed by atoms with Crippen LogP contribution < -0.4 is 10.6 Å². The smallest absolute Gasteiger partial charge is 0.399 e. The van der Waals surface area contributed by atoms with Crippen molar-refractivity contribution in [2.75, 3.05) is 0 Å². The van der Waals surface area contributed by atoms with E-state index in [2.05, 4.69) is 94.7 Å². The number of aromatic nitrogens is 1. The molecule has 1 aliphatic carbocycles. The average molecular weight is 401 g/mol. The highest BCUT2D eigenvalue weighted by Gasteiger charge is 2.52. The molecule has 0 spiro atoms. The Bertz CT molecular complexity index is 1180. The first-order chi connectivity index (χ1) is 14.2. The second-order valence-corrected chi connectivity index (χ2v) is 10.1. The summed E-state index contributed by atoms with van der Waals surface area (Å²) in [7, 11) is -0.328. The predicted molar refractivity (Wildman–Crippen MR) is 125 cm³/mol. The topological polar surface area (TPSA) is 23.4 Å². The van der Waals surface area contributed by atoms with E-state index < -0.39 is 0 Å². The average Bonchev–Trinajstić information content (AvgIpc) is 3.15. The zero-order valence-corrected chi connectivity index (χ0v) is 19.0. The Hall–Kier alpha value is -2.04. The number of benzene rings is 1. The van der Waals surface area contributed by atoms with Gasteiger partial charge in [0.15, 0.2) is 0 Å². The monoisotopic (exact) mass is 401 g/mol. The minimum Gasteiger partial charge on any atom is -0.399 e. The van der Waals surface area contributed by atoms with Gasteiger partial charge in [-0.05, 0) is 70.5 Å². The molecule has 4 heteroatoms. The van der Waals surface area contributed by atoms with Gasteiger partial charge in [-0.3, -0.25) is 0 Å². The quantitative estimate of drug-likeness (QED) is 0.648. The third-order valence-corrected chi connectivity index (χ3v) is 7.51. The van der Waals surface area contributed by atoms with Gasteiger partial charge in [-0.15, -0.1) is 0 Å². The molecular weight excluding hydrogens is 369 g/mol. The van der Waals surface area contributed by atoms with Crippen molar-refractivity contribution in [2.24, 2.45) is 5.92 Å². The first-order valence-corrected chi connectivity index (χ1v) is 11.3. The van der Waals surface area contributed by atoms with Gasteiger partial charge in [0, 0.05) is 27.5 Å². The molecule has 3 heterocycles. The summed E-state index contributed by atoms with van der Waals surface area (Å²) >= 11 is 0. The molecular formula is C26H32BNO2. The summed E-state index contributed by atoms with van der Waals surface area (Å²) in [5.74, 6) is 0.324. The van der Waals surface area contributed by atoms with Gasteiger partial charge < -0.3 is 13.9 Å². The molecule has 1 aromatic carbocycles. The van der Waals surface area contributed by atoms with Crippen molar-refractivity contribution in [3.8, 4) is 0 Å². The van der Waals surface area contributed by atoms with Gasteiger partial charge in [-0.2, -0.15) is 0 Å².